The lowest BCUT2D eigenvalue weighted by molar-refractivity contribution is 0.163. The molecule has 0 amide bonds. The van der Waals surface area contributed by atoms with Gasteiger partial charge in [-0.3, -0.25) is 0 Å². The van der Waals surface area contributed by atoms with E-state index >= 15 is 0 Å². The highest BCUT2D eigenvalue weighted by Crippen LogP contribution is 2.31. The van der Waals surface area contributed by atoms with E-state index in [1.165, 1.54) is 0 Å². The highest BCUT2D eigenvalue weighted by atomic mass is 35.5. The molecule has 0 aliphatic carbocycles. The molecule has 0 spiro atoms. The molecule has 0 bridgehead atoms. The highest BCUT2D eigenvalue weighted by Gasteiger charge is 2.17. The number of aliphatic hydroxyl groups is 1. The largest absolute Gasteiger partial charge is 0.507 e. The standard InChI is InChI=1S/C10H14ClNO2/c1-5-3-7(11)4-8(10(5)14)9(12)6(2)13/h3-4,6,9,13-14H,12H2,1-2H3/t6-,9-/m0/s1. The second-order valence-electron chi connectivity index (χ2n) is 3.43. The molecule has 0 unspecified atom stereocenters. The van der Waals surface area contributed by atoms with Gasteiger partial charge in [-0.25, -0.2) is 0 Å². The van der Waals surface area contributed by atoms with Crippen LogP contribution in [0.4, 0.5) is 0 Å². The number of hydrogen-bond acceptors (Lipinski definition) is 3. The van der Waals surface area contributed by atoms with Gasteiger partial charge in [-0.1, -0.05) is 11.6 Å². The first-order chi connectivity index (χ1) is 6.43. The zero-order valence-corrected chi connectivity index (χ0v) is 8.92. The van der Waals surface area contributed by atoms with Crippen LogP contribution in [0.3, 0.4) is 0 Å². The summed E-state index contributed by atoms with van der Waals surface area (Å²) < 4.78 is 0. The Kier molecular flexibility index (Phi) is 3.37. The van der Waals surface area contributed by atoms with Crippen LogP contribution in [0.25, 0.3) is 0 Å². The normalized spacial score (nSPS) is 15.2. The topological polar surface area (TPSA) is 66.5 Å². The minimum atomic E-state index is -0.723. The lowest BCUT2D eigenvalue weighted by Gasteiger charge is -2.17. The smallest absolute Gasteiger partial charge is 0.123 e. The molecule has 2 atom stereocenters. The molecule has 1 rings (SSSR count). The van der Waals surface area contributed by atoms with Crippen LogP contribution in [-0.2, 0) is 0 Å². The van der Waals surface area contributed by atoms with E-state index in [1.807, 2.05) is 0 Å². The minimum Gasteiger partial charge on any atom is -0.507 e. The summed E-state index contributed by atoms with van der Waals surface area (Å²) in [7, 11) is 0. The van der Waals surface area contributed by atoms with Gasteiger partial charge in [0, 0.05) is 10.6 Å². The maximum atomic E-state index is 9.69. The number of aromatic hydroxyl groups is 1. The van der Waals surface area contributed by atoms with E-state index in [4.69, 9.17) is 17.3 Å². The van der Waals surface area contributed by atoms with Crippen molar-refractivity contribution in [2.24, 2.45) is 5.73 Å². The summed E-state index contributed by atoms with van der Waals surface area (Å²) in [6, 6.07) is 2.60. The first kappa shape index (κ1) is 11.3. The van der Waals surface area contributed by atoms with E-state index in [2.05, 4.69) is 0 Å². The van der Waals surface area contributed by atoms with Gasteiger partial charge in [0.05, 0.1) is 12.1 Å². The van der Waals surface area contributed by atoms with Crippen molar-refractivity contribution in [1.82, 2.24) is 0 Å². The average Bonchev–Trinajstić information content (AvgIpc) is 2.09. The third kappa shape index (κ3) is 2.18. The van der Waals surface area contributed by atoms with E-state index in [1.54, 1.807) is 26.0 Å². The third-order valence-electron chi connectivity index (χ3n) is 2.17. The summed E-state index contributed by atoms with van der Waals surface area (Å²) in [5.74, 6) is 0.0998. The summed E-state index contributed by atoms with van der Waals surface area (Å²) in [6.45, 7) is 3.31. The van der Waals surface area contributed by atoms with Crippen LogP contribution >= 0.6 is 11.6 Å². The first-order valence-corrected chi connectivity index (χ1v) is 4.74. The Morgan fingerprint density at radius 3 is 2.50 bits per heavy atom. The molecule has 1 aromatic carbocycles. The molecule has 0 aliphatic rings. The van der Waals surface area contributed by atoms with E-state index in [-0.39, 0.29) is 5.75 Å². The maximum Gasteiger partial charge on any atom is 0.123 e. The molecule has 0 saturated heterocycles. The Bertz CT molecular complexity index is 339. The number of phenols is 1. The third-order valence-corrected chi connectivity index (χ3v) is 2.39. The molecule has 4 N–H and O–H groups in total. The maximum absolute atomic E-state index is 9.69. The number of phenolic OH excluding ortho intramolecular Hbond substituents is 1. The molecule has 0 aliphatic heterocycles. The molecule has 0 radical (unpaired) electrons. The van der Waals surface area contributed by atoms with Crippen LogP contribution < -0.4 is 5.73 Å². The molecule has 1 aromatic rings. The van der Waals surface area contributed by atoms with Gasteiger partial charge in [0.15, 0.2) is 0 Å². The molecule has 0 aromatic heterocycles. The van der Waals surface area contributed by atoms with Crippen molar-refractivity contribution in [3.63, 3.8) is 0 Å². The number of nitrogens with two attached hydrogens (primary N) is 1. The monoisotopic (exact) mass is 215 g/mol. The molecule has 78 valence electrons. The second kappa shape index (κ2) is 4.17. The highest BCUT2D eigenvalue weighted by molar-refractivity contribution is 6.30. The Hall–Kier alpha value is -0.770. The molecular formula is C10H14ClNO2. The molecule has 0 heterocycles. The summed E-state index contributed by atoms with van der Waals surface area (Å²) in [5.41, 5.74) is 6.84. The van der Waals surface area contributed by atoms with Crippen molar-refractivity contribution in [1.29, 1.82) is 0 Å². The lowest BCUT2D eigenvalue weighted by atomic mass is 10.00. The fourth-order valence-corrected chi connectivity index (χ4v) is 1.56. The van der Waals surface area contributed by atoms with Gasteiger partial charge < -0.3 is 15.9 Å². The van der Waals surface area contributed by atoms with E-state index in [9.17, 15) is 10.2 Å². The Morgan fingerprint density at radius 1 is 1.43 bits per heavy atom. The van der Waals surface area contributed by atoms with Gasteiger partial charge in [0.1, 0.15) is 5.75 Å². The van der Waals surface area contributed by atoms with Gasteiger partial charge in [-0.2, -0.15) is 0 Å². The predicted octanol–water partition coefficient (Wildman–Crippen LogP) is 1.73. The molecule has 14 heavy (non-hydrogen) atoms. The number of aliphatic hydroxyl groups excluding tert-OH is 1. The summed E-state index contributed by atoms with van der Waals surface area (Å²) >= 11 is 5.82. The summed E-state index contributed by atoms with van der Waals surface area (Å²) in [6.07, 6.45) is -0.723. The van der Waals surface area contributed by atoms with Crippen molar-refractivity contribution in [2.75, 3.05) is 0 Å². The number of halogens is 1. The number of benzene rings is 1. The first-order valence-electron chi connectivity index (χ1n) is 4.36. The quantitative estimate of drug-likeness (QED) is 0.704. The molecular weight excluding hydrogens is 202 g/mol. The predicted molar refractivity (Wildman–Crippen MR) is 56.5 cm³/mol. The van der Waals surface area contributed by atoms with Crippen molar-refractivity contribution in [2.45, 2.75) is 26.0 Å². The van der Waals surface area contributed by atoms with E-state index in [0.29, 0.717) is 16.1 Å². The molecule has 0 fully saturated rings. The zero-order chi connectivity index (χ0) is 10.9. The van der Waals surface area contributed by atoms with Crippen LogP contribution in [0.1, 0.15) is 24.1 Å². The molecule has 0 saturated carbocycles. The van der Waals surface area contributed by atoms with E-state index in [0.717, 1.165) is 0 Å². The van der Waals surface area contributed by atoms with Crippen molar-refractivity contribution < 1.29 is 10.2 Å². The molecule has 4 heteroatoms. The van der Waals surface area contributed by atoms with Crippen molar-refractivity contribution in [3.05, 3.63) is 28.3 Å². The van der Waals surface area contributed by atoms with Gasteiger partial charge >= 0.3 is 0 Å². The number of aryl methyl sites for hydroxylation is 1. The van der Waals surface area contributed by atoms with Gasteiger partial charge in [-0.15, -0.1) is 0 Å². The van der Waals surface area contributed by atoms with Crippen LogP contribution in [0.15, 0.2) is 12.1 Å². The Balaban J connectivity index is 3.20. The fourth-order valence-electron chi connectivity index (χ4n) is 1.28. The van der Waals surface area contributed by atoms with E-state index < -0.39 is 12.1 Å². The number of hydrogen-bond donors (Lipinski definition) is 3. The van der Waals surface area contributed by atoms with Crippen LogP contribution in [0.5, 0.6) is 5.75 Å². The van der Waals surface area contributed by atoms with Gasteiger partial charge in [-0.05, 0) is 31.5 Å². The number of rotatable bonds is 2. The summed E-state index contributed by atoms with van der Waals surface area (Å²) in [5, 5.41) is 19.5. The Labute approximate surface area is 88.1 Å². The minimum absolute atomic E-state index is 0.0998. The van der Waals surface area contributed by atoms with Gasteiger partial charge in [0.25, 0.3) is 0 Å². The van der Waals surface area contributed by atoms with Crippen LogP contribution in [0, 0.1) is 6.92 Å². The molecule has 3 nitrogen and oxygen atoms in total. The van der Waals surface area contributed by atoms with Crippen molar-refractivity contribution >= 4 is 11.6 Å². The van der Waals surface area contributed by atoms with Crippen molar-refractivity contribution in [3.8, 4) is 5.75 Å². The zero-order valence-electron chi connectivity index (χ0n) is 8.16. The van der Waals surface area contributed by atoms with Crippen LogP contribution in [0.2, 0.25) is 5.02 Å². The lowest BCUT2D eigenvalue weighted by Crippen LogP contribution is -2.23. The van der Waals surface area contributed by atoms with Gasteiger partial charge in [0.2, 0.25) is 0 Å². The Morgan fingerprint density at radius 2 is 2.00 bits per heavy atom. The van der Waals surface area contributed by atoms with Crippen LogP contribution in [-0.4, -0.2) is 16.3 Å². The fraction of sp³-hybridized carbons (Fsp3) is 0.400. The SMILES string of the molecule is Cc1cc(Cl)cc([C@@H](N)[C@H](C)O)c1O. The summed E-state index contributed by atoms with van der Waals surface area (Å²) in [4.78, 5) is 0. The average molecular weight is 216 g/mol. The second-order valence-corrected chi connectivity index (χ2v) is 3.86.